The smallest absolute Gasteiger partial charge is 0.341 e. The van der Waals surface area contributed by atoms with E-state index in [2.05, 4.69) is 9.98 Å². The van der Waals surface area contributed by atoms with Crippen LogP contribution in [-0.2, 0) is 9.53 Å². The van der Waals surface area contributed by atoms with Gasteiger partial charge in [-0.1, -0.05) is 29.3 Å². The second-order valence-electron chi connectivity index (χ2n) is 8.43. The van der Waals surface area contributed by atoms with Crippen LogP contribution in [0, 0.1) is 0 Å². The number of benzene rings is 1. The van der Waals surface area contributed by atoms with Crippen molar-refractivity contribution in [3.63, 3.8) is 0 Å². The van der Waals surface area contributed by atoms with Gasteiger partial charge >= 0.3 is 5.97 Å². The summed E-state index contributed by atoms with van der Waals surface area (Å²) < 4.78 is 13.9. The highest BCUT2D eigenvalue weighted by atomic mass is 35.5. The van der Waals surface area contributed by atoms with Crippen LogP contribution in [0.3, 0.4) is 0 Å². The van der Waals surface area contributed by atoms with Gasteiger partial charge in [0, 0.05) is 17.3 Å². The number of esters is 1. The second kappa shape index (κ2) is 10.7. The van der Waals surface area contributed by atoms with Gasteiger partial charge in [-0.2, -0.15) is 4.99 Å². The van der Waals surface area contributed by atoms with Crippen molar-refractivity contribution in [1.29, 1.82) is 0 Å². The van der Waals surface area contributed by atoms with Crippen LogP contribution in [0.5, 0.6) is 5.75 Å². The fourth-order valence-electron chi connectivity index (χ4n) is 3.81. The molecule has 1 amide bonds. The molecule has 3 aromatic heterocycles. The Balaban J connectivity index is 1.96. The van der Waals surface area contributed by atoms with Crippen LogP contribution >= 0.6 is 23.2 Å². The van der Waals surface area contributed by atoms with Gasteiger partial charge in [0.1, 0.15) is 22.6 Å². The predicted molar refractivity (Wildman–Crippen MR) is 140 cm³/mol. The first kappa shape index (κ1) is 26.4. The number of halogens is 2. The molecule has 0 unspecified atom stereocenters. The lowest BCUT2D eigenvalue weighted by Gasteiger charge is -2.18. The molecule has 1 atom stereocenters. The van der Waals surface area contributed by atoms with E-state index in [0.29, 0.717) is 10.7 Å². The average molecular weight is 543 g/mol. The summed E-state index contributed by atoms with van der Waals surface area (Å²) in [5, 5.41) is 0.841. The van der Waals surface area contributed by atoms with Crippen LogP contribution in [0.2, 0.25) is 10.0 Å². The van der Waals surface area contributed by atoms with Crippen molar-refractivity contribution in [3.8, 4) is 5.75 Å². The molecule has 0 saturated heterocycles. The van der Waals surface area contributed by atoms with Crippen molar-refractivity contribution in [2.45, 2.75) is 39.8 Å². The Morgan fingerprint density at radius 3 is 2.54 bits per heavy atom. The maximum absolute atomic E-state index is 13.3. The van der Waals surface area contributed by atoms with E-state index < -0.39 is 18.0 Å². The lowest BCUT2D eigenvalue weighted by molar-refractivity contribution is -0.124. The quantitative estimate of drug-likeness (QED) is 0.260. The molecule has 0 N–H and O–H groups in total. The van der Waals surface area contributed by atoms with E-state index in [-0.39, 0.29) is 51.1 Å². The molecule has 1 aromatic carbocycles. The summed E-state index contributed by atoms with van der Waals surface area (Å²) in [7, 11) is 0. The van der Waals surface area contributed by atoms with Crippen LogP contribution in [0.15, 0.2) is 58.4 Å². The first-order chi connectivity index (χ1) is 17.6. The number of aromatic nitrogens is 3. The fraction of sp³-hybridized carbons (Fsp3) is 0.269. The number of rotatable bonds is 6. The molecule has 11 heteroatoms. The van der Waals surface area contributed by atoms with Gasteiger partial charge < -0.3 is 14.0 Å². The monoisotopic (exact) mass is 542 g/mol. The SMILES string of the molecule is CCOC(=O)c1cc2c(=O)n3ccccc3nc2n(C(C)C)c1=NC(=O)[C@@H](C)Oc1ccc(Cl)cc1Cl. The van der Waals surface area contributed by atoms with Gasteiger partial charge in [-0.3, -0.25) is 14.0 Å². The largest absolute Gasteiger partial charge is 0.479 e. The summed E-state index contributed by atoms with van der Waals surface area (Å²) >= 11 is 12.1. The normalized spacial score (nSPS) is 12.8. The predicted octanol–water partition coefficient (Wildman–Crippen LogP) is 4.61. The topological polar surface area (TPSA) is 104 Å². The van der Waals surface area contributed by atoms with Crippen molar-refractivity contribution in [2.75, 3.05) is 6.61 Å². The molecule has 4 rings (SSSR count). The third kappa shape index (κ3) is 5.23. The Morgan fingerprint density at radius 2 is 1.86 bits per heavy atom. The lowest BCUT2D eigenvalue weighted by atomic mass is 10.2. The summed E-state index contributed by atoms with van der Waals surface area (Å²) in [6.45, 7) is 6.93. The molecule has 0 fully saturated rings. The highest BCUT2D eigenvalue weighted by molar-refractivity contribution is 6.35. The van der Waals surface area contributed by atoms with Crippen molar-refractivity contribution in [1.82, 2.24) is 14.0 Å². The highest BCUT2D eigenvalue weighted by Crippen LogP contribution is 2.28. The van der Waals surface area contributed by atoms with E-state index in [1.54, 1.807) is 48.0 Å². The summed E-state index contributed by atoms with van der Waals surface area (Å²) in [6.07, 6.45) is 0.538. The lowest BCUT2D eigenvalue weighted by Crippen LogP contribution is -2.35. The Kier molecular flexibility index (Phi) is 7.65. The Labute approximate surface area is 221 Å². The molecule has 0 aliphatic heterocycles. The maximum Gasteiger partial charge on any atom is 0.341 e. The summed E-state index contributed by atoms with van der Waals surface area (Å²) in [4.78, 5) is 48.4. The van der Waals surface area contributed by atoms with Gasteiger partial charge in [-0.05, 0) is 64.1 Å². The second-order valence-corrected chi connectivity index (χ2v) is 9.28. The van der Waals surface area contributed by atoms with E-state index in [0.717, 1.165) is 0 Å². The van der Waals surface area contributed by atoms with Gasteiger partial charge in [0.25, 0.3) is 11.5 Å². The van der Waals surface area contributed by atoms with E-state index in [1.807, 2.05) is 13.8 Å². The summed E-state index contributed by atoms with van der Waals surface area (Å²) in [5.74, 6) is -1.15. The Morgan fingerprint density at radius 1 is 1.11 bits per heavy atom. The molecular weight excluding hydrogens is 519 g/mol. The molecule has 0 saturated carbocycles. The average Bonchev–Trinajstić information content (AvgIpc) is 2.85. The van der Waals surface area contributed by atoms with Gasteiger partial charge in [0.2, 0.25) is 0 Å². The van der Waals surface area contributed by atoms with Gasteiger partial charge in [-0.25, -0.2) is 9.78 Å². The zero-order chi connectivity index (χ0) is 26.9. The Bertz CT molecular complexity index is 1660. The third-order valence-corrected chi connectivity index (χ3v) is 6.04. The van der Waals surface area contributed by atoms with Gasteiger partial charge in [0.15, 0.2) is 11.6 Å². The van der Waals surface area contributed by atoms with Crippen LogP contribution < -0.4 is 15.8 Å². The molecule has 37 heavy (non-hydrogen) atoms. The molecule has 4 aromatic rings. The van der Waals surface area contributed by atoms with E-state index in [4.69, 9.17) is 32.7 Å². The zero-order valence-corrected chi connectivity index (χ0v) is 22.1. The van der Waals surface area contributed by atoms with Crippen molar-refractivity contribution >= 4 is 51.8 Å². The molecule has 192 valence electrons. The van der Waals surface area contributed by atoms with E-state index in [1.165, 1.54) is 23.5 Å². The van der Waals surface area contributed by atoms with Crippen molar-refractivity contribution in [2.24, 2.45) is 4.99 Å². The number of pyridine rings is 2. The minimum atomic E-state index is -1.06. The number of carbonyl (C=O) groups excluding carboxylic acids is 2. The molecule has 3 heterocycles. The van der Waals surface area contributed by atoms with Crippen LogP contribution in [0.25, 0.3) is 16.7 Å². The zero-order valence-electron chi connectivity index (χ0n) is 20.6. The van der Waals surface area contributed by atoms with E-state index >= 15 is 0 Å². The number of hydrogen-bond donors (Lipinski definition) is 0. The molecule has 0 radical (unpaired) electrons. The standard InChI is InChI=1S/C26H24Cl2N4O5/c1-5-36-26(35)18-13-17-22(29-21-8-6-7-11-31(21)25(17)34)32(14(2)3)23(18)30-24(33)15(4)37-20-10-9-16(27)12-19(20)28/h6-15H,5H2,1-4H3/t15-/m1/s1. The first-order valence-electron chi connectivity index (χ1n) is 11.6. The number of nitrogens with zero attached hydrogens (tertiary/aromatic N) is 4. The molecule has 9 nitrogen and oxygen atoms in total. The summed E-state index contributed by atoms with van der Waals surface area (Å²) in [5.41, 5.74) is 0.288. The first-order valence-corrected chi connectivity index (χ1v) is 12.3. The number of amides is 1. The van der Waals surface area contributed by atoms with Crippen molar-refractivity contribution < 1.29 is 19.1 Å². The third-order valence-electron chi connectivity index (χ3n) is 5.51. The molecule has 0 spiro atoms. The molecular formula is C26H24Cl2N4O5. The number of hydrogen-bond acceptors (Lipinski definition) is 6. The fourth-order valence-corrected chi connectivity index (χ4v) is 4.26. The molecule has 0 aliphatic rings. The summed E-state index contributed by atoms with van der Waals surface area (Å²) in [6, 6.07) is 10.8. The minimum absolute atomic E-state index is 0.00999. The van der Waals surface area contributed by atoms with Gasteiger partial charge in [0.05, 0.1) is 17.0 Å². The molecule has 0 bridgehead atoms. The number of ether oxygens (including phenoxy) is 2. The molecule has 0 aliphatic carbocycles. The maximum atomic E-state index is 13.3. The minimum Gasteiger partial charge on any atom is -0.479 e. The number of carbonyl (C=O) groups is 2. The number of fused-ring (bicyclic) bond motifs is 2. The van der Waals surface area contributed by atoms with Crippen LogP contribution in [0.1, 0.15) is 44.1 Å². The van der Waals surface area contributed by atoms with Crippen molar-refractivity contribution in [3.05, 3.63) is 80.1 Å². The van der Waals surface area contributed by atoms with Crippen LogP contribution in [0.4, 0.5) is 0 Å². The Hall–Kier alpha value is -3.69. The van der Waals surface area contributed by atoms with E-state index in [9.17, 15) is 14.4 Å². The van der Waals surface area contributed by atoms with Crippen LogP contribution in [-0.4, -0.2) is 38.5 Å². The highest BCUT2D eigenvalue weighted by Gasteiger charge is 2.23. The van der Waals surface area contributed by atoms with Gasteiger partial charge in [-0.15, -0.1) is 0 Å².